The largest absolute Gasteiger partial charge is 0.493 e. The number of hydrogen-bond donors (Lipinski definition) is 0. The van der Waals surface area contributed by atoms with Gasteiger partial charge in [0.05, 0.1) is 6.61 Å². The van der Waals surface area contributed by atoms with E-state index in [0.29, 0.717) is 0 Å². The maximum Gasteiger partial charge on any atom is 0.126 e. The van der Waals surface area contributed by atoms with Gasteiger partial charge in [-0.2, -0.15) is 0 Å². The van der Waals surface area contributed by atoms with E-state index in [1.807, 2.05) is 6.07 Å². The zero-order valence-corrected chi connectivity index (χ0v) is 8.66. The van der Waals surface area contributed by atoms with Gasteiger partial charge in [0.2, 0.25) is 0 Å². The second-order valence-corrected chi connectivity index (χ2v) is 4.70. The molecule has 0 bridgehead atoms. The average Bonchev–Trinajstić information content (AvgIpc) is 2.88. The van der Waals surface area contributed by atoms with Crippen molar-refractivity contribution in [2.24, 2.45) is 5.41 Å². The lowest BCUT2D eigenvalue weighted by atomic mass is 9.96. The normalized spacial score (nSPS) is 20.5. The molecule has 0 unspecified atom stereocenters. The summed E-state index contributed by atoms with van der Waals surface area (Å²) in [6.07, 6.45) is 5.17. The molecule has 0 spiro atoms. The minimum atomic E-state index is -0.0201. The highest BCUT2D eigenvalue weighted by atomic mass is 16.5. The van der Waals surface area contributed by atoms with Crippen LogP contribution in [0, 0.1) is 5.41 Å². The Balaban J connectivity index is 1.84. The van der Waals surface area contributed by atoms with Gasteiger partial charge in [0.15, 0.2) is 0 Å². The Bertz CT molecular complexity index is 405. The molecule has 15 heavy (non-hydrogen) atoms. The summed E-state index contributed by atoms with van der Waals surface area (Å²) in [6.45, 7) is 0.803. The van der Waals surface area contributed by atoms with E-state index in [1.54, 1.807) is 0 Å². The molecule has 3 rings (SSSR count). The molecule has 0 aromatic heterocycles. The van der Waals surface area contributed by atoms with Crippen molar-refractivity contribution < 1.29 is 9.53 Å². The fraction of sp³-hybridized carbons (Fsp3) is 0.462. The van der Waals surface area contributed by atoms with Gasteiger partial charge in [-0.1, -0.05) is 12.1 Å². The minimum absolute atomic E-state index is 0.0201. The first-order chi connectivity index (χ1) is 7.31. The van der Waals surface area contributed by atoms with Crippen molar-refractivity contribution in [2.45, 2.75) is 25.7 Å². The number of aldehydes is 1. The average molecular weight is 202 g/mol. The first-order valence-corrected chi connectivity index (χ1v) is 5.52. The molecular weight excluding hydrogens is 188 g/mol. The molecule has 1 aromatic carbocycles. The highest BCUT2D eigenvalue weighted by Gasteiger charge is 2.42. The van der Waals surface area contributed by atoms with Crippen LogP contribution >= 0.6 is 0 Å². The van der Waals surface area contributed by atoms with Crippen LogP contribution in [-0.2, 0) is 17.6 Å². The van der Waals surface area contributed by atoms with Crippen LogP contribution in [0.3, 0.4) is 0 Å². The molecular formula is C13H14O2. The van der Waals surface area contributed by atoms with Gasteiger partial charge in [-0.05, 0) is 36.5 Å². The predicted octanol–water partition coefficient (Wildman–Crippen LogP) is 2.14. The molecule has 0 amide bonds. The Morgan fingerprint density at radius 3 is 3.00 bits per heavy atom. The lowest BCUT2D eigenvalue weighted by Crippen LogP contribution is -2.06. The standard InChI is InChI=1S/C13H14O2/c14-9-13(4-5-13)8-10-1-2-12-11(7-10)3-6-15-12/h1-2,7,9H,3-6,8H2. The lowest BCUT2D eigenvalue weighted by molar-refractivity contribution is -0.112. The molecule has 2 aliphatic rings. The minimum Gasteiger partial charge on any atom is -0.493 e. The molecule has 1 aliphatic carbocycles. The van der Waals surface area contributed by atoms with Gasteiger partial charge in [-0.15, -0.1) is 0 Å². The van der Waals surface area contributed by atoms with Crippen molar-refractivity contribution in [3.63, 3.8) is 0 Å². The van der Waals surface area contributed by atoms with Gasteiger partial charge in [0, 0.05) is 11.8 Å². The van der Waals surface area contributed by atoms with Crippen molar-refractivity contribution in [2.75, 3.05) is 6.61 Å². The molecule has 1 aliphatic heterocycles. The molecule has 0 saturated heterocycles. The Morgan fingerprint density at radius 1 is 1.40 bits per heavy atom. The van der Waals surface area contributed by atoms with Crippen molar-refractivity contribution in [3.05, 3.63) is 29.3 Å². The Morgan fingerprint density at radius 2 is 2.27 bits per heavy atom. The zero-order chi connectivity index (χ0) is 10.3. The third kappa shape index (κ3) is 1.54. The molecule has 2 nitrogen and oxygen atoms in total. The van der Waals surface area contributed by atoms with E-state index in [-0.39, 0.29) is 5.41 Å². The molecule has 0 N–H and O–H groups in total. The van der Waals surface area contributed by atoms with Gasteiger partial charge in [0.25, 0.3) is 0 Å². The summed E-state index contributed by atoms with van der Waals surface area (Å²) in [5, 5.41) is 0. The molecule has 1 aromatic rings. The topological polar surface area (TPSA) is 26.3 Å². The molecule has 1 fully saturated rings. The SMILES string of the molecule is O=CC1(Cc2ccc3c(c2)CCO3)CC1. The Hall–Kier alpha value is -1.31. The second-order valence-electron chi connectivity index (χ2n) is 4.70. The number of carbonyl (C=O) groups is 1. The van der Waals surface area contributed by atoms with Gasteiger partial charge < -0.3 is 9.53 Å². The van der Waals surface area contributed by atoms with Gasteiger partial charge in [-0.25, -0.2) is 0 Å². The van der Waals surface area contributed by atoms with Crippen molar-refractivity contribution >= 4 is 6.29 Å². The summed E-state index contributed by atoms with van der Waals surface area (Å²) in [5.41, 5.74) is 2.56. The summed E-state index contributed by atoms with van der Waals surface area (Å²) in [7, 11) is 0. The van der Waals surface area contributed by atoms with E-state index in [1.165, 1.54) is 11.1 Å². The van der Waals surface area contributed by atoms with Crippen molar-refractivity contribution in [3.8, 4) is 5.75 Å². The first kappa shape index (κ1) is 8.96. The second kappa shape index (κ2) is 3.09. The number of benzene rings is 1. The predicted molar refractivity (Wildman–Crippen MR) is 57.1 cm³/mol. The van der Waals surface area contributed by atoms with Crippen LogP contribution < -0.4 is 4.74 Å². The molecule has 1 saturated carbocycles. The highest BCUT2D eigenvalue weighted by Crippen LogP contribution is 2.46. The van der Waals surface area contributed by atoms with E-state index in [0.717, 1.165) is 44.3 Å². The fourth-order valence-electron chi connectivity index (χ4n) is 2.25. The highest BCUT2D eigenvalue weighted by molar-refractivity contribution is 5.64. The number of ether oxygens (including phenoxy) is 1. The summed E-state index contributed by atoms with van der Waals surface area (Å²) in [6, 6.07) is 6.33. The zero-order valence-electron chi connectivity index (χ0n) is 8.66. The number of rotatable bonds is 3. The summed E-state index contributed by atoms with van der Waals surface area (Å²) in [5.74, 6) is 1.02. The smallest absolute Gasteiger partial charge is 0.126 e. The fourth-order valence-corrected chi connectivity index (χ4v) is 2.25. The van der Waals surface area contributed by atoms with Gasteiger partial charge >= 0.3 is 0 Å². The molecule has 78 valence electrons. The summed E-state index contributed by atoms with van der Waals surface area (Å²) in [4.78, 5) is 10.9. The van der Waals surface area contributed by atoms with Crippen molar-refractivity contribution in [1.82, 2.24) is 0 Å². The number of carbonyl (C=O) groups excluding carboxylic acids is 1. The van der Waals surface area contributed by atoms with E-state index < -0.39 is 0 Å². The van der Waals surface area contributed by atoms with E-state index in [9.17, 15) is 4.79 Å². The molecule has 2 heteroatoms. The molecule has 1 heterocycles. The quantitative estimate of drug-likeness (QED) is 0.702. The summed E-state index contributed by atoms with van der Waals surface area (Å²) < 4.78 is 5.46. The third-order valence-corrected chi connectivity index (χ3v) is 3.45. The summed E-state index contributed by atoms with van der Waals surface area (Å²) >= 11 is 0. The van der Waals surface area contributed by atoms with Crippen LogP contribution in [0.1, 0.15) is 24.0 Å². The van der Waals surface area contributed by atoms with Crippen LogP contribution in [0.25, 0.3) is 0 Å². The Labute approximate surface area is 89.2 Å². The van der Waals surface area contributed by atoms with E-state index in [4.69, 9.17) is 4.74 Å². The van der Waals surface area contributed by atoms with Crippen LogP contribution in [0.4, 0.5) is 0 Å². The number of hydrogen-bond acceptors (Lipinski definition) is 2. The molecule has 0 atom stereocenters. The van der Waals surface area contributed by atoms with E-state index in [2.05, 4.69) is 12.1 Å². The van der Waals surface area contributed by atoms with E-state index >= 15 is 0 Å². The maximum atomic E-state index is 10.9. The molecule has 0 radical (unpaired) electrons. The Kier molecular flexibility index (Phi) is 1.84. The van der Waals surface area contributed by atoms with Crippen molar-refractivity contribution in [1.29, 1.82) is 0 Å². The maximum absolute atomic E-state index is 10.9. The van der Waals surface area contributed by atoms with Gasteiger partial charge in [-0.3, -0.25) is 0 Å². The monoisotopic (exact) mass is 202 g/mol. The van der Waals surface area contributed by atoms with Crippen LogP contribution in [0.5, 0.6) is 5.75 Å². The first-order valence-electron chi connectivity index (χ1n) is 5.52. The number of fused-ring (bicyclic) bond motifs is 1. The van der Waals surface area contributed by atoms with Crippen LogP contribution in [-0.4, -0.2) is 12.9 Å². The van der Waals surface area contributed by atoms with Crippen LogP contribution in [0.15, 0.2) is 18.2 Å². The van der Waals surface area contributed by atoms with Gasteiger partial charge in [0.1, 0.15) is 12.0 Å². The lowest BCUT2D eigenvalue weighted by Gasteiger charge is -2.08. The third-order valence-electron chi connectivity index (χ3n) is 3.45. The van der Waals surface area contributed by atoms with Crippen LogP contribution in [0.2, 0.25) is 0 Å².